The summed E-state index contributed by atoms with van der Waals surface area (Å²) in [6.45, 7) is 5.49. The van der Waals surface area contributed by atoms with E-state index in [0.717, 1.165) is 28.8 Å². The van der Waals surface area contributed by atoms with Crippen molar-refractivity contribution in [3.05, 3.63) is 58.9 Å². The van der Waals surface area contributed by atoms with Gasteiger partial charge < -0.3 is 10.1 Å². The van der Waals surface area contributed by atoms with Crippen LogP contribution in [0, 0.1) is 13.8 Å². The van der Waals surface area contributed by atoms with Crippen LogP contribution < -0.4 is 10.1 Å². The van der Waals surface area contributed by atoms with E-state index in [2.05, 4.69) is 15.3 Å². The van der Waals surface area contributed by atoms with Gasteiger partial charge in [0, 0.05) is 17.5 Å². The molecule has 0 amide bonds. The summed E-state index contributed by atoms with van der Waals surface area (Å²) in [6, 6.07) is 8.67. The lowest BCUT2D eigenvalue weighted by Crippen LogP contribution is -2.12. The molecule has 0 bridgehead atoms. The second kappa shape index (κ2) is 7.06. The molecule has 1 N–H and O–H groups in total. The lowest BCUT2D eigenvalue weighted by atomic mass is 10.0. The SMILES string of the molecule is COc1cc2nc(C)nc(N[C@H](C)c3cccc(C(F)(F)F)c3)c2cc1C. The highest BCUT2D eigenvalue weighted by molar-refractivity contribution is 5.91. The summed E-state index contributed by atoms with van der Waals surface area (Å²) in [6.07, 6.45) is -4.37. The summed E-state index contributed by atoms with van der Waals surface area (Å²) in [4.78, 5) is 8.88. The molecule has 1 atom stereocenters. The van der Waals surface area contributed by atoms with Gasteiger partial charge in [-0.1, -0.05) is 12.1 Å². The van der Waals surface area contributed by atoms with Crippen LogP contribution in [0.2, 0.25) is 0 Å². The molecule has 0 aliphatic carbocycles. The van der Waals surface area contributed by atoms with Gasteiger partial charge >= 0.3 is 6.18 Å². The van der Waals surface area contributed by atoms with Crippen molar-refractivity contribution >= 4 is 16.7 Å². The minimum absolute atomic E-state index is 0.368. The Hall–Kier alpha value is -2.83. The maximum atomic E-state index is 13.0. The third kappa shape index (κ3) is 3.97. The Morgan fingerprint density at radius 3 is 2.48 bits per heavy atom. The van der Waals surface area contributed by atoms with Crippen molar-refractivity contribution < 1.29 is 17.9 Å². The molecule has 0 fully saturated rings. The monoisotopic (exact) mass is 375 g/mol. The van der Waals surface area contributed by atoms with Crippen molar-refractivity contribution in [3.8, 4) is 5.75 Å². The minimum atomic E-state index is -4.37. The van der Waals surface area contributed by atoms with E-state index >= 15 is 0 Å². The Morgan fingerprint density at radius 2 is 1.81 bits per heavy atom. The Balaban J connectivity index is 2.00. The number of alkyl halides is 3. The number of halogens is 3. The van der Waals surface area contributed by atoms with Gasteiger partial charge in [-0.15, -0.1) is 0 Å². The topological polar surface area (TPSA) is 47.0 Å². The molecule has 1 aromatic heterocycles. The standard InChI is InChI=1S/C20H20F3N3O/c1-11-8-16-17(10-18(11)27-4)25-13(3)26-19(16)24-12(2)14-6-5-7-15(9-14)20(21,22)23/h5-10,12H,1-4H3,(H,24,25,26)/t12-/m1/s1. The number of hydrogen-bond donors (Lipinski definition) is 1. The van der Waals surface area contributed by atoms with E-state index in [-0.39, 0.29) is 6.04 Å². The van der Waals surface area contributed by atoms with Crippen molar-refractivity contribution in [2.75, 3.05) is 12.4 Å². The van der Waals surface area contributed by atoms with Crippen LogP contribution in [-0.2, 0) is 6.18 Å². The number of anilines is 1. The van der Waals surface area contributed by atoms with Crippen molar-refractivity contribution in [3.63, 3.8) is 0 Å². The Bertz CT molecular complexity index is 986. The van der Waals surface area contributed by atoms with Gasteiger partial charge in [-0.25, -0.2) is 9.97 Å². The zero-order valence-electron chi connectivity index (χ0n) is 15.5. The molecule has 0 unspecified atom stereocenters. The lowest BCUT2D eigenvalue weighted by molar-refractivity contribution is -0.137. The number of aromatic nitrogens is 2. The zero-order chi connectivity index (χ0) is 19.8. The summed E-state index contributed by atoms with van der Waals surface area (Å²) in [5, 5.41) is 4.02. The molecule has 1 heterocycles. The second-order valence-electron chi connectivity index (χ2n) is 6.45. The predicted molar refractivity (Wildman–Crippen MR) is 99.0 cm³/mol. The van der Waals surface area contributed by atoms with Gasteiger partial charge in [0.2, 0.25) is 0 Å². The van der Waals surface area contributed by atoms with E-state index < -0.39 is 11.7 Å². The van der Waals surface area contributed by atoms with Gasteiger partial charge in [-0.05, 0) is 50.1 Å². The molecule has 142 valence electrons. The number of ether oxygens (including phenoxy) is 1. The molecule has 3 aromatic rings. The molecule has 27 heavy (non-hydrogen) atoms. The highest BCUT2D eigenvalue weighted by Gasteiger charge is 2.30. The molecule has 4 nitrogen and oxygen atoms in total. The van der Waals surface area contributed by atoms with E-state index in [1.54, 1.807) is 27.0 Å². The minimum Gasteiger partial charge on any atom is -0.496 e. The van der Waals surface area contributed by atoms with E-state index in [9.17, 15) is 13.2 Å². The molecule has 0 aliphatic heterocycles. The number of nitrogens with one attached hydrogen (secondary N) is 1. The Morgan fingerprint density at radius 1 is 1.07 bits per heavy atom. The average Bonchev–Trinajstić information content (AvgIpc) is 2.61. The first-order valence-corrected chi connectivity index (χ1v) is 8.45. The predicted octanol–water partition coefficient (Wildman–Crippen LogP) is 5.45. The largest absolute Gasteiger partial charge is 0.496 e. The fourth-order valence-electron chi connectivity index (χ4n) is 2.98. The molecule has 0 radical (unpaired) electrons. The molecule has 0 saturated heterocycles. The van der Waals surface area contributed by atoms with E-state index in [1.807, 2.05) is 19.1 Å². The van der Waals surface area contributed by atoms with E-state index in [4.69, 9.17) is 4.74 Å². The summed E-state index contributed by atoms with van der Waals surface area (Å²) in [5.74, 6) is 1.86. The molecular weight excluding hydrogens is 355 g/mol. The number of methoxy groups -OCH3 is 1. The van der Waals surface area contributed by atoms with Crippen LogP contribution in [0.25, 0.3) is 10.9 Å². The fourth-order valence-corrected chi connectivity index (χ4v) is 2.98. The number of benzene rings is 2. The summed E-state index contributed by atoms with van der Waals surface area (Å²) >= 11 is 0. The quantitative estimate of drug-likeness (QED) is 0.659. The molecule has 0 aliphatic rings. The van der Waals surface area contributed by atoms with Crippen molar-refractivity contribution in [1.29, 1.82) is 0 Å². The highest BCUT2D eigenvalue weighted by atomic mass is 19.4. The van der Waals surface area contributed by atoms with Gasteiger partial charge in [-0.3, -0.25) is 0 Å². The molecule has 0 spiro atoms. The number of fused-ring (bicyclic) bond motifs is 1. The first kappa shape index (κ1) is 18.9. The number of nitrogens with zero attached hydrogens (tertiary/aromatic N) is 2. The van der Waals surface area contributed by atoms with Crippen LogP contribution in [0.15, 0.2) is 36.4 Å². The van der Waals surface area contributed by atoms with E-state index in [1.165, 1.54) is 6.07 Å². The second-order valence-corrected chi connectivity index (χ2v) is 6.45. The summed E-state index contributed by atoms with van der Waals surface area (Å²) in [5.41, 5.74) is 1.49. The van der Waals surface area contributed by atoms with Gasteiger partial charge in [0.15, 0.2) is 0 Å². The molecule has 3 rings (SSSR count). The van der Waals surface area contributed by atoms with Crippen LogP contribution in [0.5, 0.6) is 5.75 Å². The zero-order valence-corrected chi connectivity index (χ0v) is 15.5. The number of hydrogen-bond acceptors (Lipinski definition) is 4. The molecule has 7 heteroatoms. The number of aryl methyl sites for hydroxylation is 2. The third-order valence-corrected chi connectivity index (χ3v) is 4.39. The summed E-state index contributed by atoms with van der Waals surface area (Å²) < 4.78 is 44.3. The van der Waals surface area contributed by atoms with Crippen molar-refractivity contribution in [1.82, 2.24) is 9.97 Å². The van der Waals surface area contributed by atoms with Crippen LogP contribution >= 0.6 is 0 Å². The Kier molecular flexibility index (Phi) is 4.95. The highest BCUT2D eigenvalue weighted by Crippen LogP contribution is 2.33. The normalized spacial score (nSPS) is 12.9. The van der Waals surface area contributed by atoms with Crippen LogP contribution in [0.1, 0.15) is 35.5 Å². The van der Waals surface area contributed by atoms with Crippen molar-refractivity contribution in [2.45, 2.75) is 33.0 Å². The van der Waals surface area contributed by atoms with E-state index in [0.29, 0.717) is 22.7 Å². The van der Waals surface area contributed by atoms with Gasteiger partial charge in [0.1, 0.15) is 17.4 Å². The first-order valence-electron chi connectivity index (χ1n) is 8.45. The molecule has 0 saturated carbocycles. The number of rotatable bonds is 4. The van der Waals surface area contributed by atoms with Crippen LogP contribution in [0.3, 0.4) is 0 Å². The average molecular weight is 375 g/mol. The van der Waals surface area contributed by atoms with Gasteiger partial charge in [0.25, 0.3) is 0 Å². The maximum Gasteiger partial charge on any atom is 0.416 e. The third-order valence-electron chi connectivity index (χ3n) is 4.39. The molecular formula is C20H20F3N3O. The Labute approximate surface area is 155 Å². The lowest BCUT2D eigenvalue weighted by Gasteiger charge is -2.18. The maximum absolute atomic E-state index is 13.0. The van der Waals surface area contributed by atoms with Gasteiger partial charge in [-0.2, -0.15) is 13.2 Å². The fraction of sp³-hybridized carbons (Fsp3) is 0.300. The van der Waals surface area contributed by atoms with Crippen LogP contribution in [0.4, 0.5) is 19.0 Å². The molecule has 2 aromatic carbocycles. The van der Waals surface area contributed by atoms with Gasteiger partial charge in [0.05, 0.1) is 18.2 Å². The summed E-state index contributed by atoms with van der Waals surface area (Å²) in [7, 11) is 1.59. The van der Waals surface area contributed by atoms with Crippen LogP contribution in [-0.4, -0.2) is 17.1 Å². The van der Waals surface area contributed by atoms with Crippen molar-refractivity contribution in [2.24, 2.45) is 0 Å². The first-order chi connectivity index (χ1) is 12.7. The smallest absolute Gasteiger partial charge is 0.416 e.